The summed E-state index contributed by atoms with van der Waals surface area (Å²) in [4.78, 5) is 32.7. The molecule has 0 fully saturated rings. The first kappa shape index (κ1) is 8.25. The van der Waals surface area contributed by atoms with Crippen molar-refractivity contribution in [3.63, 3.8) is 0 Å². The molecule has 12 heavy (non-hydrogen) atoms. The number of hydrogen-bond acceptors (Lipinski definition) is 4. The molecular weight excluding hydrogens is 164 g/mol. The fraction of sp³-hybridized carbons (Fsp3) is 0.167. The molecule has 0 spiro atoms. The van der Waals surface area contributed by atoms with Gasteiger partial charge in [0.25, 0.3) is 5.91 Å². The van der Waals surface area contributed by atoms with Gasteiger partial charge in [0.1, 0.15) is 0 Å². The van der Waals surface area contributed by atoms with E-state index in [1.54, 1.807) is 0 Å². The molecule has 0 bridgehead atoms. The lowest BCUT2D eigenvalue weighted by atomic mass is 10.4. The van der Waals surface area contributed by atoms with E-state index in [9.17, 15) is 14.4 Å². The minimum atomic E-state index is -1.03. The highest BCUT2D eigenvalue weighted by Crippen LogP contribution is 2.01. The number of ether oxygens (including phenoxy) is 1. The number of carbonyl (C=O) groups excluding carboxylic acids is 3. The Morgan fingerprint density at radius 3 is 2.75 bits per heavy atom. The predicted octanol–water partition coefficient (Wildman–Crippen LogP) is -0.167. The van der Waals surface area contributed by atoms with Crippen LogP contribution < -0.4 is 5.32 Å². The molecule has 0 unspecified atom stereocenters. The summed E-state index contributed by atoms with van der Waals surface area (Å²) in [6.07, 6.45) is 1.00. The maximum Gasteiger partial charge on any atom is 0.425 e. The molecule has 0 saturated carbocycles. The molecule has 63 valence electrons. The van der Waals surface area contributed by atoms with Gasteiger partial charge in [0, 0.05) is 12.3 Å². The summed E-state index contributed by atoms with van der Waals surface area (Å²) in [5.41, 5.74) is 0. The van der Waals surface area contributed by atoms with Gasteiger partial charge in [0.2, 0.25) is 0 Å². The summed E-state index contributed by atoms with van der Waals surface area (Å²) in [5.74, 6) is -0.748. The Hall–Kier alpha value is -1.85. The summed E-state index contributed by atoms with van der Waals surface area (Å²) < 4.78 is 4.18. The van der Waals surface area contributed by atoms with Gasteiger partial charge < -0.3 is 4.74 Å². The molecule has 0 atom stereocenters. The molecule has 0 aromatic carbocycles. The maximum atomic E-state index is 10.9. The number of rotatable bonds is 0. The van der Waals surface area contributed by atoms with Crippen LogP contribution >= 0.6 is 0 Å². The minimum Gasteiger partial charge on any atom is -0.452 e. The first-order chi connectivity index (χ1) is 5.66. The molecule has 6 heteroatoms. The van der Waals surface area contributed by atoms with Gasteiger partial charge in [-0.15, -0.1) is 0 Å². The normalized spacial score (nSPS) is 15.9. The van der Waals surface area contributed by atoms with E-state index < -0.39 is 18.0 Å². The Bertz CT molecular complexity index is 271. The SMILES string of the molecule is COC(=O)N1C(=O)C=C[N]C1=O. The van der Waals surface area contributed by atoms with Crippen molar-refractivity contribution in [2.75, 3.05) is 7.11 Å². The smallest absolute Gasteiger partial charge is 0.425 e. The molecule has 0 aromatic rings. The van der Waals surface area contributed by atoms with Gasteiger partial charge >= 0.3 is 12.1 Å². The topological polar surface area (TPSA) is 77.8 Å². The van der Waals surface area contributed by atoms with Crippen LogP contribution in [-0.4, -0.2) is 30.0 Å². The van der Waals surface area contributed by atoms with Crippen molar-refractivity contribution in [2.24, 2.45) is 0 Å². The molecule has 1 radical (unpaired) electrons. The number of carbonyl (C=O) groups is 3. The zero-order valence-corrected chi connectivity index (χ0v) is 6.18. The van der Waals surface area contributed by atoms with Crippen LogP contribution in [0.1, 0.15) is 0 Å². The van der Waals surface area contributed by atoms with E-state index in [2.05, 4.69) is 10.1 Å². The van der Waals surface area contributed by atoms with E-state index in [-0.39, 0.29) is 0 Å². The first-order valence-electron chi connectivity index (χ1n) is 3.00. The molecule has 1 aliphatic rings. The molecule has 0 saturated heterocycles. The molecule has 0 aromatic heterocycles. The lowest BCUT2D eigenvalue weighted by Gasteiger charge is -2.16. The summed E-state index contributed by atoms with van der Waals surface area (Å²) in [6.45, 7) is 0. The molecule has 4 amide bonds. The van der Waals surface area contributed by atoms with E-state index in [1.165, 1.54) is 0 Å². The molecular formula is C6H5N2O4. The van der Waals surface area contributed by atoms with Crippen LogP contribution in [0.3, 0.4) is 0 Å². The van der Waals surface area contributed by atoms with Crippen molar-refractivity contribution < 1.29 is 19.1 Å². The summed E-state index contributed by atoms with van der Waals surface area (Å²) in [7, 11) is 1.07. The molecule has 1 rings (SSSR count). The summed E-state index contributed by atoms with van der Waals surface area (Å²) in [6, 6.07) is -0.936. The summed E-state index contributed by atoms with van der Waals surface area (Å²) in [5, 5.41) is 3.22. The molecule has 1 heterocycles. The number of urea groups is 1. The maximum absolute atomic E-state index is 10.9. The standard InChI is InChI=1S/C6H5N2O4/c1-12-6(11)8-4(9)2-3-7-5(8)10/h2-3H,1H3. The lowest BCUT2D eigenvalue weighted by molar-refractivity contribution is -0.122. The second kappa shape index (κ2) is 3.04. The van der Waals surface area contributed by atoms with Crippen LogP contribution in [0.25, 0.3) is 0 Å². The number of methoxy groups -OCH3 is 1. The second-order valence-corrected chi connectivity index (χ2v) is 1.87. The lowest BCUT2D eigenvalue weighted by Crippen LogP contribution is -2.45. The zero-order valence-electron chi connectivity index (χ0n) is 6.18. The Balaban J connectivity index is 2.87. The van der Waals surface area contributed by atoms with Crippen LogP contribution in [0.5, 0.6) is 0 Å². The second-order valence-electron chi connectivity index (χ2n) is 1.87. The van der Waals surface area contributed by atoms with Gasteiger partial charge in [0.15, 0.2) is 0 Å². The molecule has 0 N–H and O–H groups in total. The average Bonchev–Trinajstić information content (AvgIpc) is 2.03. The van der Waals surface area contributed by atoms with Gasteiger partial charge in [-0.05, 0) is 0 Å². The van der Waals surface area contributed by atoms with Gasteiger partial charge in [-0.1, -0.05) is 0 Å². The van der Waals surface area contributed by atoms with Crippen molar-refractivity contribution in [2.45, 2.75) is 0 Å². The molecule has 0 aliphatic carbocycles. The minimum absolute atomic E-state index is 0.306. The van der Waals surface area contributed by atoms with Gasteiger partial charge in [0.05, 0.1) is 7.11 Å². The van der Waals surface area contributed by atoms with Crippen LogP contribution in [0.2, 0.25) is 0 Å². The third-order valence-corrected chi connectivity index (χ3v) is 1.17. The van der Waals surface area contributed by atoms with E-state index in [4.69, 9.17) is 0 Å². The van der Waals surface area contributed by atoms with Crippen molar-refractivity contribution in [3.05, 3.63) is 12.3 Å². The highest BCUT2D eigenvalue weighted by Gasteiger charge is 2.30. The summed E-state index contributed by atoms with van der Waals surface area (Å²) >= 11 is 0. The van der Waals surface area contributed by atoms with E-state index >= 15 is 0 Å². The zero-order chi connectivity index (χ0) is 9.14. The van der Waals surface area contributed by atoms with Crippen LogP contribution in [0.4, 0.5) is 9.59 Å². The van der Waals surface area contributed by atoms with Crippen molar-refractivity contribution in [1.82, 2.24) is 10.2 Å². The van der Waals surface area contributed by atoms with E-state index in [1.807, 2.05) is 0 Å². The van der Waals surface area contributed by atoms with Gasteiger partial charge in [-0.2, -0.15) is 4.90 Å². The van der Waals surface area contributed by atoms with Crippen molar-refractivity contribution in [1.29, 1.82) is 0 Å². The van der Waals surface area contributed by atoms with Gasteiger partial charge in [-0.3, -0.25) is 4.79 Å². The highest BCUT2D eigenvalue weighted by molar-refractivity contribution is 6.13. The first-order valence-corrected chi connectivity index (χ1v) is 3.00. The Kier molecular flexibility index (Phi) is 2.09. The van der Waals surface area contributed by atoms with E-state index in [0.717, 1.165) is 19.4 Å². The fourth-order valence-corrected chi connectivity index (χ4v) is 0.651. The van der Waals surface area contributed by atoms with Crippen LogP contribution in [0, 0.1) is 0 Å². The monoisotopic (exact) mass is 169 g/mol. The third-order valence-electron chi connectivity index (χ3n) is 1.17. The van der Waals surface area contributed by atoms with Crippen LogP contribution in [-0.2, 0) is 9.53 Å². The van der Waals surface area contributed by atoms with Crippen LogP contribution in [0.15, 0.2) is 12.3 Å². The number of hydrogen-bond donors (Lipinski definition) is 0. The average molecular weight is 169 g/mol. The Labute approximate surface area is 67.8 Å². The quantitative estimate of drug-likeness (QED) is 0.504. The Morgan fingerprint density at radius 1 is 1.58 bits per heavy atom. The largest absolute Gasteiger partial charge is 0.452 e. The Morgan fingerprint density at radius 2 is 2.25 bits per heavy atom. The number of amides is 4. The van der Waals surface area contributed by atoms with Gasteiger partial charge in [-0.25, -0.2) is 14.9 Å². The third kappa shape index (κ3) is 1.26. The molecule has 6 nitrogen and oxygen atoms in total. The number of nitrogens with zero attached hydrogens (tertiary/aromatic N) is 2. The van der Waals surface area contributed by atoms with Crippen molar-refractivity contribution >= 4 is 18.0 Å². The predicted molar refractivity (Wildman–Crippen MR) is 35.9 cm³/mol. The number of imide groups is 3. The molecule has 1 aliphatic heterocycles. The van der Waals surface area contributed by atoms with Crippen molar-refractivity contribution in [3.8, 4) is 0 Å². The highest BCUT2D eigenvalue weighted by atomic mass is 16.5. The van der Waals surface area contributed by atoms with E-state index in [0.29, 0.717) is 4.90 Å². The fourth-order valence-electron chi connectivity index (χ4n) is 0.651.